The van der Waals surface area contributed by atoms with Crippen molar-refractivity contribution in [3.8, 4) is 16.4 Å². The molecule has 134 valence electrons. The number of imidazole rings is 1. The van der Waals surface area contributed by atoms with Crippen LogP contribution in [0.1, 0.15) is 11.3 Å². The number of pyridine rings is 2. The van der Waals surface area contributed by atoms with Crippen molar-refractivity contribution in [1.29, 1.82) is 0 Å². The second-order valence-corrected chi connectivity index (χ2v) is 6.69. The highest BCUT2D eigenvalue weighted by Gasteiger charge is 2.09. The largest absolute Gasteiger partial charge is 0.352 e. The van der Waals surface area contributed by atoms with Gasteiger partial charge >= 0.3 is 0 Å². The zero-order valence-corrected chi connectivity index (χ0v) is 15.1. The lowest BCUT2D eigenvalue weighted by Gasteiger charge is -2.06. The van der Waals surface area contributed by atoms with E-state index in [9.17, 15) is 4.79 Å². The molecule has 0 saturated heterocycles. The van der Waals surface area contributed by atoms with Crippen molar-refractivity contribution in [1.82, 2.24) is 29.8 Å². The van der Waals surface area contributed by atoms with Crippen LogP contribution < -0.4 is 5.32 Å². The molecule has 0 radical (unpaired) electrons. The van der Waals surface area contributed by atoms with Crippen molar-refractivity contribution in [3.63, 3.8) is 0 Å². The second kappa shape index (κ2) is 7.88. The van der Waals surface area contributed by atoms with Gasteiger partial charge in [0.1, 0.15) is 17.2 Å². The highest BCUT2D eigenvalue weighted by atomic mass is 32.1. The molecule has 0 saturated carbocycles. The van der Waals surface area contributed by atoms with Gasteiger partial charge in [0.25, 0.3) is 0 Å². The fraction of sp³-hybridized carbons (Fsp3) is 0.105. The molecule has 4 heterocycles. The molecule has 4 rings (SSSR count). The quantitative estimate of drug-likeness (QED) is 0.559. The number of aromatic nitrogens is 5. The third-order valence-corrected chi connectivity index (χ3v) is 4.81. The Morgan fingerprint density at radius 1 is 1.15 bits per heavy atom. The average Bonchev–Trinajstić information content (AvgIpc) is 3.40. The van der Waals surface area contributed by atoms with Gasteiger partial charge in [0, 0.05) is 48.5 Å². The van der Waals surface area contributed by atoms with Gasteiger partial charge in [-0.25, -0.2) is 15.0 Å². The first-order valence-electron chi connectivity index (χ1n) is 8.33. The Morgan fingerprint density at radius 2 is 2.11 bits per heavy atom. The highest BCUT2D eigenvalue weighted by molar-refractivity contribution is 7.13. The zero-order chi connectivity index (χ0) is 18.5. The number of carbonyl (C=O) groups excluding carboxylic acids is 1. The van der Waals surface area contributed by atoms with Gasteiger partial charge in [-0.05, 0) is 23.8 Å². The van der Waals surface area contributed by atoms with Crippen molar-refractivity contribution in [3.05, 3.63) is 78.2 Å². The summed E-state index contributed by atoms with van der Waals surface area (Å²) in [6.07, 6.45) is 10.7. The summed E-state index contributed by atoms with van der Waals surface area (Å²) in [6.45, 7) is 0.426. The van der Waals surface area contributed by atoms with Crippen molar-refractivity contribution >= 4 is 17.2 Å². The summed E-state index contributed by atoms with van der Waals surface area (Å²) >= 11 is 1.51. The minimum Gasteiger partial charge on any atom is -0.352 e. The number of thiazole rings is 1. The van der Waals surface area contributed by atoms with E-state index in [1.807, 2.05) is 40.4 Å². The lowest BCUT2D eigenvalue weighted by atomic mass is 10.2. The Hall–Kier alpha value is -3.39. The first-order valence-corrected chi connectivity index (χ1v) is 9.21. The summed E-state index contributed by atoms with van der Waals surface area (Å²) in [4.78, 5) is 29.2. The number of hydrogen-bond donors (Lipinski definition) is 1. The van der Waals surface area contributed by atoms with E-state index >= 15 is 0 Å². The van der Waals surface area contributed by atoms with E-state index in [1.165, 1.54) is 11.3 Å². The van der Waals surface area contributed by atoms with Gasteiger partial charge in [-0.15, -0.1) is 11.3 Å². The Morgan fingerprint density at radius 3 is 2.85 bits per heavy atom. The van der Waals surface area contributed by atoms with E-state index in [-0.39, 0.29) is 12.3 Å². The number of rotatable bonds is 6. The molecule has 1 N–H and O–H groups in total. The molecule has 0 aromatic carbocycles. The summed E-state index contributed by atoms with van der Waals surface area (Å²) in [7, 11) is 0. The lowest BCUT2D eigenvalue weighted by molar-refractivity contribution is -0.120. The molecule has 8 heteroatoms. The molecular formula is C19H16N6OS. The van der Waals surface area contributed by atoms with Crippen molar-refractivity contribution in [2.24, 2.45) is 0 Å². The van der Waals surface area contributed by atoms with Gasteiger partial charge in [0.2, 0.25) is 5.91 Å². The number of amides is 1. The molecule has 0 fully saturated rings. The van der Waals surface area contributed by atoms with E-state index in [0.29, 0.717) is 6.54 Å². The van der Waals surface area contributed by atoms with Crippen LogP contribution in [-0.2, 0) is 17.8 Å². The molecule has 0 spiro atoms. The van der Waals surface area contributed by atoms with E-state index in [1.54, 1.807) is 31.1 Å². The molecule has 27 heavy (non-hydrogen) atoms. The third-order valence-electron chi connectivity index (χ3n) is 3.87. The van der Waals surface area contributed by atoms with Crippen LogP contribution in [0.25, 0.3) is 16.4 Å². The fourth-order valence-electron chi connectivity index (χ4n) is 2.51. The molecule has 1 amide bonds. The molecular weight excluding hydrogens is 360 g/mol. The van der Waals surface area contributed by atoms with Gasteiger partial charge in [0.15, 0.2) is 0 Å². The Bertz CT molecular complexity index is 1010. The second-order valence-electron chi connectivity index (χ2n) is 5.83. The Kier molecular flexibility index (Phi) is 4.97. The van der Waals surface area contributed by atoms with Crippen LogP contribution in [0.5, 0.6) is 0 Å². The molecule has 0 aliphatic heterocycles. The molecule has 7 nitrogen and oxygen atoms in total. The van der Waals surface area contributed by atoms with Crippen LogP contribution in [0.15, 0.2) is 67.0 Å². The van der Waals surface area contributed by atoms with Crippen LogP contribution >= 0.6 is 11.3 Å². The van der Waals surface area contributed by atoms with Crippen molar-refractivity contribution in [2.45, 2.75) is 13.0 Å². The highest BCUT2D eigenvalue weighted by Crippen LogP contribution is 2.22. The maximum Gasteiger partial charge on any atom is 0.226 e. The first-order chi connectivity index (χ1) is 13.3. The van der Waals surface area contributed by atoms with E-state index < -0.39 is 0 Å². The lowest BCUT2D eigenvalue weighted by Crippen LogP contribution is -2.24. The smallest absolute Gasteiger partial charge is 0.226 e. The van der Waals surface area contributed by atoms with E-state index in [2.05, 4.69) is 25.3 Å². The monoisotopic (exact) mass is 376 g/mol. The van der Waals surface area contributed by atoms with Crippen molar-refractivity contribution in [2.75, 3.05) is 0 Å². The maximum atomic E-state index is 12.2. The van der Waals surface area contributed by atoms with Crippen molar-refractivity contribution < 1.29 is 4.79 Å². The summed E-state index contributed by atoms with van der Waals surface area (Å²) in [5.74, 6) is 0.713. The zero-order valence-electron chi connectivity index (χ0n) is 14.3. The van der Waals surface area contributed by atoms with Gasteiger partial charge in [-0.1, -0.05) is 6.07 Å². The maximum absolute atomic E-state index is 12.2. The minimum absolute atomic E-state index is 0.0725. The summed E-state index contributed by atoms with van der Waals surface area (Å²) in [6, 6.07) is 7.65. The standard InChI is InChI=1S/C19H16N6OS/c26-18(8-16-12-27-19(24-16)15-2-1-5-20-11-15)23-10-14-3-4-17(22-9-14)25-7-6-21-13-25/h1-7,9,11-13H,8,10H2,(H,23,26). The number of hydrogen-bond acceptors (Lipinski definition) is 6. The Balaban J connectivity index is 1.32. The number of carbonyl (C=O) groups is 1. The van der Waals surface area contributed by atoms with Gasteiger partial charge < -0.3 is 5.32 Å². The van der Waals surface area contributed by atoms with Gasteiger partial charge in [0.05, 0.1) is 12.1 Å². The van der Waals surface area contributed by atoms with E-state index in [4.69, 9.17) is 0 Å². The molecule has 0 atom stereocenters. The van der Waals surface area contributed by atoms with Crippen LogP contribution in [0.3, 0.4) is 0 Å². The predicted molar refractivity (Wildman–Crippen MR) is 102 cm³/mol. The third kappa shape index (κ3) is 4.24. The molecule has 0 aliphatic rings. The molecule has 0 bridgehead atoms. The average molecular weight is 376 g/mol. The SMILES string of the molecule is O=C(Cc1csc(-c2cccnc2)n1)NCc1ccc(-n2ccnc2)nc1. The first kappa shape index (κ1) is 17.0. The summed E-state index contributed by atoms with van der Waals surface area (Å²) in [5, 5.41) is 5.68. The van der Waals surface area contributed by atoms with Gasteiger partial charge in [-0.2, -0.15) is 0 Å². The normalized spacial score (nSPS) is 10.7. The van der Waals surface area contributed by atoms with Crippen LogP contribution in [-0.4, -0.2) is 30.4 Å². The number of nitrogens with zero attached hydrogens (tertiary/aromatic N) is 5. The van der Waals surface area contributed by atoms with Crippen LogP contribution in [0.4, 0.5) is 0 Å². The summed E-state index contributed by atoms with van der Waals surface area (Å²) < 4.78 is 1.82. The molecule has 4 aromatic rings. The van der Waals surface area contributed by atoms with Crippen LogP contribution in [0.2, 0.25) is 0 Å². The van der Waals surface area contributed by atoms with Crippen LogP contribution in [0, 0.1) is 0 Å². The molecule has 0 aliphatic carbocycles. The number of nitrogens with one attached hydrogen (secondary N) is 1. The minimum atomic E-state index is -0.0725. The van der Waals surface area contributed by atoms with E-state index in [0.717, 1.165) is 27.6 Å². The molecule has 0 unspecified atom stereocenters. The predicted octanol–water partition coefficient (Wildman–Crippen LogP) is 2.64. The topological polar surface area (TPSA) is 85.6 Å². The Labute approximate surface area is 159 Å². The molecule has 4 aromatic heterocycles. The fourth-order valence-corrected chi connectivity index (χ4v) is 3.32. The summed E-state index contributed by atoms with van der Waals surface area (Å²) in [5.41, 5.74) is 2.64. The van der Waals surface area contributed by atoms with Gasteiger partial charge in [-0.3, -0.25) is 14.3 Å².